The van der Waals surface area contributed by atoms with Gasteiger partial charge < -0.3 is 10.8 Å². The van der Waals surface area contributed by atoms with E-state index in [2.05, 4.69) is 12.2 Å². The van der Waals surface area contributed by atoms with Crippen LogP contribution in [0.5, 0.6) is 0 Å². The van der Waals surface area contributed by atoms with Gasteiger partial charge in [-0.3, -0.25) is 0 Å². The van der Waals surface area contributed by atoms with Gasteiger partial charge in [-0.15, -0.1) is 0 Å². The minimum atomic E-state index is -0.610. The Morgan fingerprint density at radius 2 is 2.25 bits per heavy atom. The van der Waals surface area contributed by atoms with E-state index in [1.807, 2.05) is 12.2 Å². The van der Waals surface area contributed by atoms with Crippen LogP contribution >= 0.6 is 0 Å². The van der Waals surface area contributed by atoms with E-state index < -0.39 is 5.60 Å². The van der Waals surface area contributed by atoms with Gasteiger partial charge in [0.2, 0.25) is 0 Å². The van der Waals surface area contributed by atoms with Crippen LogP contribution in [0.1, 0.15) is 19.3 Å². The quantitative estimate of drug-likeness (QED) is 0.608. The summed E-state index contributed by atoms with van der Waals surface area (Å²) in [7, 11) is 0. The molecule has 3 N–H and O–H groups in total. The van der Waals surface area contributed by atoms with Crippen LogP contribution in [-0.2, 0) is 0 Å². The van der Waals surface area contributed by atoms with Crippen LogP contribution in [0, 0.1) is 5.92 Å². The van der Waals surface area contributed by atoms with Crippen molar-refractivity contribution in [3.05, 3.63) is 24.3 Å². The molecular formula is C10H15NO. The molecule has 3 atom stereocenters. The van der Waals surface area contributed by atoms with E-state index in [0.717, 1.165) is 19.3 Å². The van der Waals surface area contributed by atoms with E-state index in [4.69, 9.17) is 5.73 Å². The fraction of sp³-hybridized carbons (Fsp3) is 0.600. The van der Waals surface area contributed by atoms with Crippen molar-refractivity contribution in [2.24, 2.45) is 11.7 Å². The lowest BCUT2D eigenvalue weighted by Crippen LogP contribution is -2.60. The second-order valence-electron chi connectivity index (χ2n) is 3.79. The summed E-state index contributed by atoms with van der Waals surface area (Å²) in [6.45, 7) is 0. The third kappa shape index (κ3) is 1.03. The molecule has 2 rings (SSSR count). The maximum Gasteiger partial charge on any atom is 0.0863 e. The molecule has 0 aromatic carbocycles. The molecule has 0 amide bonds. The monoisotopic (exact) mass is 165 g/mol. The van der Waals surface area contributed by atoms with Crippen LogP contribution in [0.4, 0.5) is 0 Å². The lowest BCUT2D eigenvalue weighted by atomic mass is 9.66. The van der Waals surface area contributed by atoms with Crippen molar-refractivity contribution in [2.45, 2.75) is 30.9 Å². The van der Waals surface area contributed by atoms with Gasteiger partial charge in [-0.2, -0.15) is 0 Å². The summed E-state index contributed by atoms with van der Waals surface area (Å²) in [5, 5.41) is 10.1. The molecule has 0 bridgehead atoms. The Bertz CT molecular complexity index is 234. The minimum absolute atomic E-state index is 0.0151. The van der Waals surface area contributed by atoms with Gasteiger partial charge in [0.1, 0.15) is 0 Å². The first-order chi connectivity index (χ1) is 5.73. The van der Waals surface area contributed by atoms with E-state index in [0.29, 0.717) is 0 Å². The van der Waals surface area contributed by atoms with Gasteiger partial charge in [-0.25, -0.2) is 0 Å². The SMILES string of the molecule is NC1CCC1(O)C1C=CC=CC1. The lowest BCUT2D eigenvalue weighted by molar-refractivity contribution is -0.0869. The third-order valence-corrected chi connectivity index (χ3v) is 3.12. The van der Waals surface area contributed by atoms with E-state index in [1.165, 1.54) is 0 Å². The van der Waals surface area contributed by atoms with E-state index in [9.17, 15) is 5.11 Å². The van der Waals surface area contributed by atoms with Gasteiger partial charge in [0.15, 0.2) is 0 Å². The van der Waals surface area contributed by atoms with Crippen LogP contribution in [0.15, 0.2) is 24.3 Å². The summed E-state index contributed by atoms with van der Waals surface area (Å²) >= 11 is 0. The molecule has 0 aromatic heterocycles. The average molecular weight is 165 g/mol. The van der Waals surface area contributed by atoms with Gasteiger partial charge in [0.25, 0.3) is 0 Å². The molecule has 0 radical (unpaired) electrons. The first-order valence-corrected chi connectivity index (χ1v) is 4.55. The summed E-state index contributed by atoms with van der Waals surface area (Å²) in [4.78, 5) is 0. The second-order valence-corrected chi connectivity index (χ2v) is 3.79. The Labute approximate surface area is 72.8 Å². The van der Waals surface area contributed by atoms with Crippen LogP contribution in [0.2, 0.25) is 0 Å². The highest BCUT2D eigenvalue weighted by molar-refractivity contribution is 5.18. The molecule has 12 heavy (non-hydrogen) atoms. The summed E-state index contributed by atoms with van der Waals surface area (Å²) in [6.07, 6.45) is 10.9. The third-order valence-electron chi connectivity index (χ3n) is 3.12. The highest BCUT2D eigenvalue weighted by Gasteiger charge is 2.47. The molecule has 2 heteroatoms. The normalized spacial score (nSPS) is 45.8. The molecule has 66 valence electrons. The summed E-state index contributed by atoms with van der Waals surface area (Å²) in [6, 6.07) is -0.0151. The molecule has 0 heterocycles. The molecule has 2 aliphatic carbocycles. The molecule has 3 unspecified atom stereocenters. The van der Waals surface area contributed by atoms with Crippen molar-refractivity contribution in [1.82, 2.24) is 0 Å². The Hall–Kier alpha value is -0.600. The van der Waals surface area contributed by atoms with Gasteiger partial charge in [-0.05, 0) is 19.3 Å². The molecule has 2 aliphatic rings. The Kier molecular flexibility index (Phi) is 1.81. The molecule has 0 aliphatic heterocycles. The molecular weight excluding hydrogens is 150 g/mol. The minimum Gasteiger partial charge on any atom is -0.388 e. The van der Waals surface area contributed by atoms with Crippen molar-refractivity contribution in [2.75, 3.05) is 0 Å². The number of hydrogen-bond donors (Lipinski definition) is 2. The van der Waals surface area contributed by atoms with Crippen molar-refractivity contribution in [3.8, 4) is 0 Å². The Morgan fingerprint density at radius 1 is 1.42 bits per heavy atom. The molecule has 1 saturated carbocycles. The van der Waals surface area contributed by atoms with Gasteiger partial charge >= 0.3 is 0 Å². The predicted octanol–water partition coefficient (Wildman–Crippen LogP) is 0.971. The summed E-state index contributed by atoms with van der Waals surface area (Å²) < 4.78 is 0. The molecule has 0 aromatic rings. The largest absolute Gasteiger partial charge is 0.388 e. The fourth-order valence-corrected chi connectivity index (χ4v) is 2.02. The van der Waals surface area contributed by atoms with Crippen molar-refractivity contribution < 1.29 is 5.11 Å². The summed E-state index contributed by atoms with van der Waals surface area (Å²) in [5.74, 6) is 0.242. The zero-order chi connectivity index (χ0) is 8.60. The smallest absolute Gasteiger partial charge is 0.0863 e. The van der Waals surface area contributed by atoms with Crippen molar-refractivity contribution >= 4 is 0 Å². The maximum absolute atomic E-state index is 10.1. The van der Waals surface area contributed by atoms with Gasteiger partial charge in [0, 0.05) is 12.0 Å². The Morgan fingerprint density at radius 3 is 2.67 bits per heavy atom. The van der Waals surface area contributed by atoms with Crippen molar-refractivity contribution in [1.29, 1.82) is 0 Å². The number of aliphatic hydroxyl groups is 1. The lowest BCUT2D eigenvalue weighted by Gasteiger charge is -2.48. The van der Waals surface area contributed by atoms with E-state index in [-0.39, 0.29) is 12.0 Å². The predicted molar refractivity (Wildman–Crippen MR) is 48.5 cm³/mol. The molecule has 0 saturated heterocycles. The van der Waals surface area contributed by atoms with Crippen LogP contribution in [-0.4, -0.2) is 16.7 Å². The van der Waals surface area contributed by atoms with Crippen LogP contribution in [0.3, 0.4) is 0 Å². The number of nitrogens with two attached hydrogens (primary N) is 1. The van der Waals surface area contributed by atoms with E-state index in [1.54, 1.807) is 0 Å². The highest BCUT2D eigenvalue weighted by Crippen LogP contribution is 2.40. The van der Waals surface area contributed by atoms with Crippen molar-refractivity contribution in [3.63, 3.8) is 0 Å². The summed E-state index contributed by atoms with van der Waals surface area (Å²) in [5.41, 5.74) is 5.17. The second kappa shape index (κ2) is 2.71. The standard InChI is InChI=1S/C10H15NO/c11-9-6-7-10(9,12)8-4-2-1-3-5-8/h1-4,8-9,12H,5-7,11H2. The van der Waals surface area contributed by atoms with E-state index >= 15 is 0 Å². The van der Waals surface area contributed by atoms with Gasteiger partial charge in [0.05, 0.1) is 5.60 Å². The molecule has 1 fully saturated rings. The average Bonchev–Trinajstić information content (AvgIpc) is 2.16. The zero-order valence-electron chi connectivity index (χ0n) is 7.11. The Balaban J connectivity index is 2.09. The molecule has 2 nitrogen and oxygen atoms in total. The topological polar surface area (TPSA) is 46.2 Å². The number of rotatable bonds is 1. The van der Waals surface area contributed by atoms with Gasteiger partial charge in [-0.1, -0.05) is 24.3 Å². The number of hydrogen-bond acceptors (Lipinski definition) is 2. The first-order valence-electron chi connectivity index (χ1n) is 4.55. The number of allylic oxidation sites excluding steroid dienone is 3. The zero-order valence-corrected chi connectivity index (χ0v) is 7.11. The molecule has 0 spiro atoms. The maximum atomic E-state index is 10.1. The van der Waals surface area contributed by atoms with Crippen LogP contribution in [0.25, 0.3) is 0 Å². The highest BCUT2D eigenvalue weighted by atomic mass is 16.3. The first kappa shape index (κ1) is 8.02. The fourth-order valence-electron chi connectivity index (χ4n) is 2.02. The van der Waals surface area contributed by atoms with Crippen LogP contribution < -0.4 is 5.73 Å².